The lowest BCUT2D eigenvalue weighted by Gasteiger charge is -2.17. The van der Waals surface area contributed by atoms with Gasteiger partial charge in [-0.25, -0.2) is 4.98 Å². The first-order chi connectivity index (χ1) is 13.2. The van der Waals surface area contributed by atoms with Crippen LogP contribution in [-0.2, 0) is 4.79 Å². The summed E-state index contributed by atoms with van der Waals surface area (Å²) in [6.07, 6.45) is 2.41. The summed E-state index contributed by atoms with van der Waals surface area (Å²) in [5, 5.41) is 3.87. The van der Waals surface area contributed by atoms with E-state index in [0.717, 1.165) is 41.1 Å². The Morgan fingerprint density at radius 2 is 1.93 bits per heavy atom. The molecule has 2 aromatic carbocycles. The first-order valence-electron chi connectivity index (χ1n) is 9.33. The van der Waals surface area contributed by atoms with Gasteiger partial charge in [-0.15, -0.1) is 0 Å². The summed E-state index contributed by atoms with van der Waals surface area (Å²) in [5.41, 5.74) is 2.67. The number of para-hydroxylation sites is 1. The number of nitrogens with one attached hydrogen (secondary N) is 1. The first kappa shape index (κ1) is 17.3. The van der Waals surface area contributed by atoms with Gasteiger partial charge < -0.3 is 15.0 Å². The van der Waals surface area contributed by atoms with Crippen LogP contribution in [0, 0.1) is 6.92 Å². The number of hydrogen-bond donors (Lipinski definition) is 1. The number of pyridine rings is 1. The predicted molar refractivity (Wildman–Crippen MR) is 108 cm³/mol. The van der Waals surface area contributed by atoms with Gasteiger partial charge in [-0.3, -0.25) is 4.79 Å². The maximum Gasteiger partial charge on any atom is 0.262 e. The smallest absolute Gasteiger partial charge is 0.262 e. The Bertz CT molecular complexity index is 965. The van der Waals surface area contributed by atoms with E-state index in [4.69, 9.17) is 9.72 Å². The molecule has 1 aliphatic rings. The van der Waals surface area contributed by atoms with Gasteiger partial charge in [0.15, 0.2) is 6.61 Å². The summed E-state index contributed by atoms with van der Waals surface area (Å²) < 4.78 is 5.81. The van der Waals surface area contributed by atoms with Crippen LogP contribution in [0.5, 0.6) is 5.75 Å². The van der Waals surface area contributed by atoms with Crippen molar-refractivity contribution in [1.29, 1.82) is 0 Å². The van der Waals surface area contributed by atoms with Crippen molar-refractivity contribution in [2.24, 2.45) is 0 Å². The lowest BCUT2D eigenvalue weighted by Crippen LogP contribution is -2.20. The highest BCUT2D eigenvalue weighted by atomic mass is 16.5. The van der Waals surface area contributed by atoms with E-state index in [1.54, 1.807) is 0 Å². The average Bonchev–Trinajstić information content (AvgIpc) is 3.21. The first-order valence-corrected chi connectivity index (χ1v) is 9.33. The zero-order chi connectivity index (χ0) is 18.6. The SMILES string of the molecule is Cc1cccc(NC(=O)COc2cccc3ccc(N4CCCC4)nc23)c1. The number of ether oxygens (including phenoxy) is 1. The lowest BCUT2D eigenvalue weighted by molar-refractivity contribution is -0.118. The van der Waals surface area contributed by atoms with Crippen LogP contribution in [0.3, 0.4) is 0 Å². The van der Waals surface area contributed by atoms with Gasteiger partial charge in [-0.2, -0.15) is 0 Å². The third-order valence-electron chi connectivity index (χ3n) is 4.76. The van der Waals surface area contributed by atoms with E-state index >= 15 is 0 Å². The fraction of sp³-hybridized carbons (Fsp3) is 0.273. The Morgan fingerprint density at radius 3 is 2.74 bits per heavy atom. The summed E-state index contributed by atoms with van der Waals surface area (Å²) in [7, 11) is 0. The van der Waals surface area contributed by atoms with E-state index in [2.05, 4.69) is 22.3 Å². The molecule has 0 bridgehead atoms. The second-order valence-corrected chi connectivity index (χ2v) is 6.90. The molecule has 1 fully saturated rings. The molecule has 0 saturated carbocycles. The molecule has 0 atom stereocenters. The van der Waals surface area contributed by atoms with Crippen molar-refractivity contribution in [3.63, 3.8) is 0 Å². The molecule has 4 rings (SSSR count). The molecular formula is C22H23N3O2. The van der Waals surface area contributed by atoms with Crippen LogP contribution in [0.25, 0.3) is 10.9 Å². The van der Waals surface area contributed by atoms with Gasteiger partial charge in [-0.05, 0) is 55.7 Å². The number of fused-ring (bicyclic) bond motifs is 1. The van der Waals surface area contributed by atoms with Crippen molar-refractivity contribution < 1.29 is 9.53 Å². The molecule has 0 aliphatic carbocycles. The predicted octanol–water partition coefficient (Wildman–Crippen LogP) is 4.16. The maximum atomic E-state index is 12.2. The summed E-state index contributed by atoms with van der Waals surface area (Å²) in [6, 6.07) is 17.6. The minimum absolute atomic E-state index is 0.0529. The van der Waals surface area contributed by atoms with Gasteiger partial charge in [0.05, 0.1) is 0 Å². The third kappa shape index (κ3) is 4.03. The highest BCUT2D eigenvalue weighted by Gasteiger charge is 2.15. The van der Waals surface area contributed by atoms with Gasteiger partial charge in [-0.1, -0.05) is 24.3 Å². The number of anilines is 2. The van der Waals surface area contributed by atoms with E-state index in [1.807, 2.05) is 49.4 Å². The second-order valence-electron chi connectivity index (χ2n) is 6.90. The van der Waals surface area contributed by atoms with Gasteiger partial charge in [0, 0.05) is 24.2 Å². The number of benzene rings is 2. The fourth-order valence-electron chi connectivity index (χ4n) is 3.41. The molecule has 1 saturated heterocycles. The number of hydrogen-bond acceptors (Lipinski definition) is 4. The molecule has 0 radical (unpaired) electrons. The molecule has 1 aliphatic heterocycles. The van der Waals surface area contributed by atoms with Crippen LogP contribution in [0.2, 0.25) is 0 Å². The second kappa shape index (κ2) is 7.66. The van der Waals surface area contributed by atoms with Crippen LogP contribution in [0.1, 0.15) is 18.4 Å². The Kier molecular flexibility index (Phi) is 4.92. The molecule has 0 spiro atoms. The van der Waals surface area contributed by atoms with Crippen LogP contribution < -0.4 is 15.0 Å². The number of carbonyl (C=O) groups is 1. The van der Waals surface area contributed by atoms with E-state index in [0.29, 0.717) is 5.75 Å². The normalized spacial score (nSPS) is 13.7. The quantitative estimate of drug-likeness (QED) is 0.741. The fourth-order valence-corrected chi connectivity index (χ4v) is 3.41. The van der Waals surface area contributed by atoms with E-state index < -0.39 is 0 Å². The molecule has 5 heteroatoms. The molecule has 27 heavy (non-hydrogen) atoms. The van der Waals surface area contributed by atoms with Crippen molar-refractivity contribution in [2.45, 2.75) is 19.8 Å². The topological polar surface area (TPSA) is 54.5 Å². The summed E-state index contributed by atoms with van der Waals surface area (Å²) in [4.78, 5) is 19.3. The van der Waals surface area contributed by atoms with Crippen molar-refractivity contribution >= 4 is 28.3 Å². The number of rotatable bonds is 5. The molecule has 3 aromatic rings. The summed E-state index contributed by atoms with van der Waals surface area (Å²) in [6.45, 7) is 4.02. The van der Waals surface area contributed by atoms with Crippen molar-refractivity contribution in [3.05, 3.63) is 60.2 Å². The van der Waals surface area contributed by atoms with Crippen molar-refractivity contribution in [2.75, 3.05) is 29.9 Å². The van der Waals surface area contributed by atoms with Crippen molar-refractivity contribution in [1.82, 2.24) is 4.98 Å². The Balaban J connectivity index is 1.49. The standard InChI is InChI=1S/C22H23N3O2/c1-16-6-4-8-18(14-16)23-21(26)15-27-19-9-5-7-17-10-11-20(24-22(17)19)25-12-2-3-13-25/h4-11,14H,2-3,12-13,15H2,1H3,(H,23,26). The van der Waals surface area contributed by atoms with Crippen LogP contribution in [0.4, 0.5) is 11.5 Å². The Morgan fingerprint density at radius 1 is 1.11 bits per heavy atom. The molecule has 2 heterocycles. The molecule has 138 valence electrons. The van der Waals surface area contributed by atoms with Crippen molar-refractivity contribution in [3.8, 4) is 5.75 Å². The van der Waals surface area contributed by atoms with E-state index in [1.165, 1.54) is 12.8 Å². The molecule has 1 amide bonds. The van der Waals surface area contributed by atoms with E-state index in [9.17, 15) is 4.79 Å². The van der Waals surface area contributed by atoms with Gasteiger partial charge in [0.2, 0.25) is 0 Å². The maximum absolute atomic E-state index is 12.2. The zero-order valence-corrected chi connectivity index (χ0v) is 15.4. The number of carbonyl (C=O) groups excluding carboxylic acids is 1. The van der Waals surface area contributed by atoms with Crippen LogP contribution in [-0.4, -0.2) is 30.6 Å². The monoisotopic (exact) mass is 361 g/mol. The van der Waals surface area contributed by atoms with Crippen LogP contribution in [0.15, 0.2) is 54.6 Å². The highest BCUT2D eigenvalue weighted by molar-refractivity contribution is 5.92. The lowest BCUT2D eigenvalue weighted by atomic mass is 10.2. The number of nitrogens with zero attached hydrogens (tertiary/aromatic N) is 2. The zero-order valence-electron chi connectivity index (χ0n) is 15.4. The Hall–Kier alpha value is -3.08. The Labute approximate surface area is 159 Å². The van der Waals surface area contributed by atoms with Gasteiger partial charge >= 0.3 is 0 Å². The van der Waals surface area contributed by atoms with Crippen LogP contribution >= 0.6 is 0 Å². The molecule has 1 N–H and O–H groups in total. The van der Waals surface area contributed by atoms with E-state index in [-0.39, 0.29) is 12.5 Å². The average molecular weight is 361 g/mol. The van der Waals surface area contributed by atoms with Gasteiger partial charge in [0.1, 0.15) is 17.1 Å². The van der Waals surface area contributed by atoms with Gasteiger partial charge in [0.25, 0.3) is 5.91 Å². The third-order valence-corrected chi connectivity index (χ3v) is 4.76. The highest BCUT2D eigenvalue weighted by Crippen LogP contribution is 2.27. The molecule has 5 nitrogen and oxygen atoms in total. The molecule has 1 aromatic heterocycles. The minimum atomic E-state index is -0.187. The largest absolute Gasteiger partial charge is 0.481 e. The number of aromatic nitrogens is 1. The molecular weight excluding hydrogens is 338 g/mol. The minimum Gasteiger partial charge on any atom is -0.481 e. The number of aryl methyl sites for hydroxylation is 1. The summed E-state index contributed by atoms with van der Waals surface area (Å²) in [5.74, 6) is 1.42. The number of amides is 1. The summed E-state index contributed by atoms with van der Waals surface area (Å²) >= 11 is 0. The molecule has 0 unspecified atom stereocenters.